The van der Waals surface area contributed by atoms with Crippen LogP contribution in [0.1, 0.15) is 29.2 Å². The fourth-order valence-corrected chi connectivity index (χ4v) is 7.29. The summed E-state index contributed by atoms with van der Waals surface area (Å²) in [5.74, 6) is 0.769. The number of hydrogen-bond acceptors (Lipinski definition) is 4. The molecule has 1 aliphatic rings. The van der Waals surface area contributed by atoms with E-state index in [-0.39, 0.29) is 6.04 Å². The van der Waals surface area contributed by atoms with Crippen molar-refractivity contribution >= 4 is 55.4 Å². The van der Waals surface area contributed by atoms with Crippen LogP contribution < -0.4 is 0 Å². The molecule has 0 radical (unpaired) electrons. The fourth-order valence-electron chi connectivity index (χ4n) is 7.29. The number of rotatable bonds is 5. The van der Waals surface area contributed by atoms with E-state index in [0.29, 0.717) is 0 Å². The molecule has 0 saturated carbocycles. The first kappa shape index (κ1) is 28.5. The van der Waals surface area contributed by atoms with E-state index in [1.54, 1.807) is 0 Å². The highest BCUT2D eigenvalue weighted by Crippen LogP contribution is 2.41. The lowest BCUT2D eigenvalue weighted by Gasteiger charge is -2.22. The van der Waals surface area contributed by atoms with Crippen molar-refractivity contribution in [3.8, 4) is 22.3 Å². The van der Waals surface area contributed by atoms with Crippen molar-refractivity contribution in [2.75, 3.05) is 0 Å². The average Bonchev–Trinajstić information content (AvgIpc) is 3.77. The summed E-state index contributed by atoms with van der Waals surface area (Å²) in [7, 11) is 0. The van der Waals surface area contributed by atoms with E-state index in [1.807, 2.05) is 30.3 Å². The molecule has 1 aliphatic heterocycles. The minimum absolute atomic E-state index is 0.0554. The van der Waals surface area contributed by atoms with Crippen LogP contribution in [0.2, 0.25) is 0 Å². The molecule has 4 nitrogen and oxygen atoms in total. The van der Waals surface area contributed by atoms with Crippen molar-refractivity contribution < 1.29 is 8.83 Å². The van der Waals surface area contributed by atoms with Crippen molar-refractivity contribution in [2.24, 2.45) is 9.98 Å². The summed E-state index contributed by atoms with van der Waals surface area (Å²) in [6.45, 7) is 0. The second-order valence-electron chi connectivity index (χ2n) is 12.9. The van der Waals surface area contributed by atoms with Gasteiger partial charge in [0.25, 0.3) is 0 Å². The maximum absolute atomic E-state index is 6.50. The molecule has 0 N–H and O–H groups in total. The van der Waals surface area contributed by atoms with Crippen LogP contribution in [0, 0.1) is 0 Å². The van der Waals surface area contributed by atoms with Crippen LogP contribution in [0.15, 0.2) is 183 Å². The minimum atomic E-state index is -0.0554. The maximum Gasteiger partial charge on any atom is 0.178 e. The molecule has 236 valence electrons. The lowest BCUT2D eigenvalue weighted by molar-refractivity contribution is 0.633. The fraction of sp³-hybridized carbons (Fsp3) is 0.0435. The summed E-state index contributed by atoms with van der Waals surface area (Å²) < 4.78 is 13.0. The smallest absolute Gasteiger partial charge is 0.178 e. The molecule has 50 heavy (non-hydrogen) atoms. The molecule has 10 rings (SSSR count). The molecule has 0 spiro atoms. The van der Waals surface area contributed by atoms with E-state index in [9.17, 15) is 0 Å². The number of amidine groups is 1. The van der Waals surface area contributed by atoms with Gasteiger partial charge in [-0.15, -0.1) is 0 Å². The summed E-state index contributed by atoms with van der Waals surface area (Å²) in [4.78, 5) is 10.2. The Labute approximate surface area is 288 Å². The molecule has 1 atom stereocenters. The Kier molecular flexibility index (Phi) is 6.59. The Balaban J connectivity index is 1.04. The van der Waals surface area contributed by atoms with E-state index >= 15 is 0 Å². The number of fused-ring (bicyclic) bond motifs is 7. The van der Waals surface area contributed by atoms with Gasteiger partial charge in [0.05, 0.1) is 11.8 Å². The third kappa shape index (κ3) is 4.84. The number of aliphatic imine (C=N–C) groups is 2. The van der Waals surface area contributed by atoms with E-state index in [4.69, 9.17) is 18.8 Å². The zero-order valence-corrected chi connectivity index (χ0v) is 27.1. The number of nitrogens with zero attached hydrogens (tertiary/aromatic N) is 2. The summed E-state index contributed by atoms with van der Waals surface area (Å²) in [6.07, 6.45) is 0.732. The van der Waals surface area contributed by atoms with Crippen molar-refractivity contribution in [3.05, 3.63) is 180 Å². The number of hydrogen-bond donors (Lipinski definition) is 0. The molecule has 0 amide bonds. The Bertz CT molecular complexity index is 2770. The van der Waals surface area contributed by atoms with Crippen molar-refractivity contribution in [2.45, 2.75) is 12.5 Å². The molecule has 1 unspecified atom stereocenters. The van der Waals surface area contributed by atoms with Crippen molar-refractivity contribution in [1.29, 1.82) is 0 Å². The highest BCUT2D eigenvalue weighted by atomic mass is 16.4. The monoisotopic (exact) mass is 642 g/mol. The highest BCUT2D eigenvalue weighted by molar-refractivity contribution is 6.19. The number of furan rings is 2. The summed E-state index contributed by atoms with van der Waals surface area (Å²) >= 11 is 0. The quantitative estimate of drug-likeness (QED) is 0.188. The topological polar surface area (TPSA) is 51.0 Å². The zero-order valence-electron chi connectivity index (χ0n) is 27.1. The maximum atomic E-state index is 6.50. The molecule has 0 fully saturated rings. The summed E-state index contributed by atoms with van der Waals surface area (Å²) in [6, 6.07) is 57.0. The summed E-state index contributed by atoms with van der Waals surface area (Å²) in [5, 5.41) is 4.25. The van der Waals surface area contributed by atoms with Gasteiger partial charge in [-0.25, -0.2) is 4.99 Å². The second-order valence-corrected chi connectivity index (χ2v) is 12.9. The van der Waals surface area contributed by atoms with E-state index in [0.717, 1.165) is 95.2 Å². The average molecular weight is 643 g/mol. The van der Waals surface area contributed by atoms with Gasteiger partial charge in [-0.3, -0.25) is 4.99 Å². The standard InChI is InChI=1S/C46H30N2O2/c1-4-11-29(12-5-1)33-19-23-42-38(26-33)36-21-22-37-39-27-34(20-24-43(39)50-45(37)44(36)49-42)32-17-10-18-35(25-32)41-28-40(30-13-6-2-7-14-30)47-46(48-41)31-15-8-3-9-16-31/h1-27,41H,28H2. The lowest BCUT2D eigenvalue weighted by atomic mass is 9.93. The molecule has 0 bridgehead atoms. The molecule has 3 heterocycles. The lowest BCUT2D eigenvalue weighted by Crippen LogP contribution is -2.17. The highest BCUT2D eigenvalue weighted by Gasteiger charge is 2.23. The van der Waals surface area contributed by atoms with Gasteiger partial charge in [0, 0.05) is 33.5 Å². The van der Waals surface area contributed by atoms with E-state index in [2.05, 4.69) is 133 Å². The molecule has 9 aromatic rings. The molecule has 0 aliphatic carbocycles. The van der Waals surface area contributed by atoms with Gasteiger partial charge in [0.15, 0.2) is 17.0 Å². The SMILES string of the molecule is c1ccc(C2=NC(c3ccccc3)=NC(c3cccc(-c4ccc5oc6c(ccc7c8cc(-c9ccccc9)ccc8oc76)c5c4)c3)C2)cc1. The van der Waals surface area contributed by atoms with Crippen LogP contribution in [0.3, 0.4) is 0 Å². The van der Waals surface area contributed by atoms with Gasteiger partial charge in [-0.2, -0.15) is 0 Å². The van der Waals surface area contributed by atoms with E-state index in [1.165, 1.54) is 5.56 Å². The first-order valence-corrected chi connectivity index (χ1v) is 17.0. The Morgan fingerprint density at radius 2 is 0.940 bits per heavy atom. The van der Waals surface area contributed by atoms with Gasteiger partial charge in [0.1, 0.15) is 11.2 Å². The van der Waals surface area contributed by atoms with Gasteiger partial charge >= 0.3 is 0 Å². The van der Waals surface area contributed by atoms with Crippen LogP contribution in [0.25, 0.3) is 66.1 Å². The zero-order chi connectivity index (χ0) is 33.0. The molecule has 4 heteroatoms. The normalized spacial score (nSPS) is 14.8. The first-order valence-electron chi connectivity index (χ1n) is 17.0. The van der Waals surface area contributed by atoms with Gasteiger partial charge in [0.2, 0.25) is 0 Å². The third-order valence-electron chi connectivity index (χ3n) is 9.83. The minimum Gasteiger partial charge on any atom is -0.452 e. The number of benzene rings is 7. The Morgan fingerprint density at radius 3 is 1.56 bits per heavy atom. The first-order chi connectivity index (χ1) is 24.7. The van der Waals surface area contributed by atoms with Gasteiger partial charge < -0.3 is 8.83 Å². The van der Waals surface area contributed by atoms with Crippen LogP contribution >= 0.6 is 0 Å². The summed E-state index contributed by atoms with van der Waals surface area (Å²) in [5.41, 5.74) is 12.2. The largest absolute Gasteiger partial charge is 0.452 e. The van der Waals surface area contributed by atoms with Crippen LogP contribution in [0.4, 0.5) is 0 Å². The Hall–Kier alpha value is -6.52. The Morgan fingerprint density at radius 1 is 0.420 bits per heavy atom. The second kappa shape index (κ2) is 11.6. The van der Waals surface area contributed by atoms with Crippen LogP contribution in [-0.4, -0.2) is 11.5 Å². The predicted molar refractivity (Wildman–Crippen MR) is 205 cm³/mol. The molecular weight excluding hydrogens is 613 g/mol. The van der Waals surface area contributed by atoms with Crippen molar-refractivity contribution in [3.63, 3.8) is 0 Å². The molecular formula is C46H30N2O2. The predicted octanol–water partition coefficient (Wildman–Crippen LogP) is 12.2. The molecule has 0 saturated heterocycles. The van der Waals surface area contributed by atoms with Crippen LogP contribution in [0.5, 0.6) is 0 Å². The molecule has 2 aromatic heterocycles. The van der Waals surface area contributed by atoms with Gasteiger partial charge in [-0.05, 0) is 75.8 Å². The van der Waals surface area contributed by atoms with Crippen molar-refractivity contribution in [1.82, 2.24) is 0 Å². The van der Waals surface area contributed by atoms with Crippen LogP contribution in [-0.2, 0) is 0 Å². The van der Waals surface area contributed by atoms with E-state index < -0.39 is 0 Å². The van der Waals surface area contributed by atoms with Gasteiger partial charge in [-0.1, -0.05) is 121 Å². The third-order valence-corrected chi connectivity index (χ3v) is 9.83. The molecule has 7 aromatic carbocycles.